The summed E-state index contributed by atoms with van der Waals surface area (Å²) in [5.74, 6) is -0.864. The Bertz CT molecular complexity index is 952. The molecule has 2 aromatic rings. The highest BCUT2D eigenvalue weighted by molar-refractivity contribution is 6.21. The third kappa shape index (κ3) is 3.18. The van der Waals surface area contributed by atoms with E-state index in [4.69, 9.17) is 0 Å². The van der Waals surface area contributed by atoms with Gasteiger partial charge in [-0.1, -0.05) is 12.1 Å². The van der Waals surface area contributed by atoms with Gasteiger partial charge in [0.15, 0.2) is 0 Å². The first kappa shape index (κ1) is 17.3. The molecule has 0 radical (unpaired) electrons. The Hall–Kier alpha value is -3.15. The van der Waals surface area contributed by atoms with Gasteiger partial charge in [-0.05, 0) is 61.1 Å². The minimum absolute atomic E-state index is 0.139. The van der Waals surface area contributed by atoms with Gasteiger partial charge in [-0.25, -0.2) is 0 Å². The number of benzene rings is 2. The largest absolute Gasteiger partial charge is 0.376 e. The Morgan fingerprint density at radius 2 is 1.81 bits per heavy atom. The predicted octanol–water partition coefficient (Wildman–Crippen LogP) is 2.84. The molecule has 0 fully saturated rings. The number of nitrogens with zero attached hydrogens (tertiary/aromatic N) is 1. The van der Waals surface area contributed by atoms with Gasteiger partial charge in [-0.3, -0.25) is 19.3 Å². The number of hydrogen-bond acceptors (Lipinski definition) is 4. The second-order valence-corrected chi connectivity index (χ2v) is 6.98. The summed E-state index contributed by atoms with van der Waals surface area (Å²) in [6.07, 6.45) is 4.52. The molecule has 0 bridgehead atoms. The lowest BCUT2D eigenvalue weighted by Crippen LogP contribution is -2.24. The third-order valence-corrected chi connectivity index (χ3v) is 5.21. The van der Waals surface area contributed by atoms with Crippen LogP contribution >= 0.6 is 0 Å². The molecule has 0 atom stereocenters. The number of fused-ring (bicyclic) bond motifs is 2. The van der Waals surface area contributed by atoms with Gasteiger partial charge in [0.25, 0.3) is 11.8 Å². The molecule has 1 heterocycles. The number of imide groups is 1. The van der Waals surface area contributed by atoms with Crippen LogP contribution in [0.4, 0.5) is 11.4 Å². The van der Waals surface area contributed by atoms with E-state index in [2.05, 4.69) is 16.7 Å². The smallest absolute Gasteiger partial charge is 0.261 e. The van der Waals surface area contributed by atoms with Crippen molar-refractivity contribution in [3.8, 4) is 0 Å². The van der Waals surface area contributed by atoms with Crippen molar-refractivity contribution < 1.29 is 14.4 Å². The van der Waals surface area contributed by atoms with E-state index in [-0.39, 0.29) is 24.3 Å². The van der Waals surface area contributed by atoms with Crippen molar-refractivity contribution in [3.05, 3.63) is 58.7 Å². The number of rotatable bonds is 4. The van der Waals surface area contributed by atoms with Gasteiger partial charge in [0.1, 0.15) is 0 Å². The summed E-state index contributed by atoms with van der Waals surface area (Å²) in [5.41, 5.74) is 4.88. The number of aryl methyl sites for hydroxylation is 1. The molecule has 3 amide bonds. The summed E-state index contributed by atoms with van der Waals surface area (Å²) in [7, 11) is 1.45. The van der Waals surface area contributed by atoms with E-state index >= 15 is 0 Å². The molecule has 2 aliphatic rings. The molecular weight excluding hydrogens is 342 g/mol. The van der Waals surface area contributed by atoms with Crippen LogP contribution in [-0.2, 0) is 17.6 Å². The second kappa shape index (κ2) is 6.87. The van der Waals surface area contributed by atoms with Gasteiger partial charge in [0.2, 0.25) is 5.91 Å². The van der Waals surface area contributed by atoms with Crippen LogP contribution in [0.3, 0.4) is 0 Å². The molecule has 0 saturated heterocycles. The quantitative estimate of drug-likeness (QED) is 0.819. The maximum atomic E-state index is 12.3. The molecule has 138 valence electrons. The molecule has 1 aliphatic carbocycles. The standard InChI is InChI=1S/C21H21N3O3/c1-24-20(26)16-10-9-14(11-17(16)21(24)27)23-19(25)12-22-18-8-4-6-13-5-2-3-7-15(13)18/h4,6,8-11,22H,2-3,5,7,12H2,1H3,(H,23,25). The summed E-state index contributed by atoms with van der Waals surface area (Å²) < 4.78 is 0. The molecule has 0 spiro atoms. The van der Waals surface area contributed by atoms with E-state index < -0.39 is 0 Å². The van der Waals surface area contributed by atoms with Crippen molar-refractivity contribution in [2.24, 2.45) is 0 Å². The Kier molecular flexibility index (Phi) is 4.39. The highest BCUT2D eigenvalue weighted by Gasteiger charge is 2.32. The van der Waals surface area contributed by atoms with Crippen molar-refractivity contribution >= 4 is 29.1 Å². The number of carbonyl (C=O) groups excluding carboxylic acids is 3. The average Bonchev–Trinajstić information content (AvgIpc) is 2.90. The molecule has 1 aliphatic heterocycles. The van der Waals surface area contributed by atoms with Crippen LogP contribution in [0.25, 0.3) is 0 Å². The molecule has 4 rings (SSSR count). The van der Waals surface area contributed by atoms with Crippen molar-refractivity contribution in [1.82, 2.24) is 4.90 Å². The summed E-state index contributed by atoms with van der Waals surface area (Å²) >= 11 is 0. The number of anilines is 2. The average molecular weight is 363 g/mol. The van der Waals surface area contributed by atoms with Crippen LogP contribution in [0.5, 0.6) is 0 Å². The summed E-state index contributed by atoms with van der Waals surface area (Å²) in [5, 5.41) is 6.02. The van der Waals surface area contributed by atoms with Gasteiger partial charge < -0.3 is 10.6 Å². The van der Waals surface area contributed by atoms with E-state index in [1.165, 1.54) is 31.0 Å². The number of hydrogen-bond donors (Lipinski definition) is 2. The molecule has 0 unspecified atom stereocenters. The van der Waals surface area contributed by atoms with Crippen LogP contribution in [0, 0.1) is 0 Å². The molecule has 6 nitrogen and oxygen atoms in total. The van der Waals surface area contributed by atoms with E-state index in [1.807, 2.05) is 12.1 Å². The Morgan fingerprint density at radius 1 is 1.04 bits per heavy atom. The topological polar surface area (TPSA) is 78.5 Å². The molecule has 27 heavy (non-hydrogen) atoms. The monoisotopic (exact) mass is 363 g/mol. The molecule has 6 heteroatoms. The normalized spacial score (nSPS) is 15.4. The first-order chi connectivity index (χ1) is 13.0. The molecular formula is C21H21N3O3. The van der Waals surface area contributed by atoms with Gasteiger partial charge in [0, 0.05) is 18.4 Å². The Morgan fingerprint density at radius 3 is 2.67 bits per heavy atom. The van der Waals surface area contributed by atoms with Crippen LogP contribution in [0.15, 0.2) is 36.4 Å². The minimum atomic E-state index is -0.347. The molecule has 0 saturated carbocycles. The second-order valence-electron chi connectivity index (χ2n) is 6.98. The fourth-order valence-electron chi connectivity index (χ4n) is 3.77. The highest BCUT2D eigenvalue weighted by Crippen LogP contribution is 2.28. The summed E-state index contributed by atoms with van der Waals surface area (Å²) in [4.78, 5) is 37.4. The zero-order valence-corrected chi connectivity index (χ0v) is 15.2. The van der Waals surface area contributed by atoms with Crippen LogP contribution in [0.1, 0.15) is 44.7 Å². The van der Waals surface area contributed by atoms with Gasteiger partial charge in [-0.15, -0.1) is 0 Å². The predicted molar refractivity (Wildman–Crippen MR) is 103 cm³/mol. The fraction of sp³-hybridized carbons (Fsp3) is 0.286. The maximum absolute atomic E-state index is 12.3. The van der Waals surface area contributed by atoms with Crippen molar-refractivity contribution in [3.63, 3.8) is 0 Å². The third-order valence-electron chi connectivity index (χ3n) is 5.21. The molecule has 2 aromatic carbocycles. The lowest BCUT2D eigenvalue weighted by Gasteiger charge is -2.20. The van der Waals surface area contributed by atoms with Gasteiger partial charge >= 0.3 is 0 Å². The Labute approximate surface area is 157 Å². The van der Waals surface area contributed by atoms with Gasteiger partial charge in [0.05, 0.1) is 17.7 Å². The van der Waals surface area contributed by atoms with Crippen molar-refractivity contribution in [2.45, 2.75) is 25.7 Å². The minimum Gasteiger partial charge on any atom is -0.376 e. The van der Waals surface area contributed by atoms with E-state index in [1.54, 1.807) is 18.2 Å². The zero-order valence-electron chi connectivity index (χ0n) is 15.2. The summed E-state index contributed by atoms with van der Waals surface area (Å²) in [6.45, 7) is 0.139. The van der Waals surface area contributed by atoms with Gasteiger partial charge in [-0.2, -0.15) is 0 Å². The fourth-order valence-corrected chi connectivity index (χ4v) is 3.77. The van der Waals surface area contributed by atoms with E-state index in [0.29, 0.717) is 16.8 Å². The maximum Gasteiger partial charge on any atom is 0.261 e. The molecule has 2 N–H and O–H groups in total. The lowest BCUT2D eigenvalue weighted by atomic mass is 9.90. The van der Waals surface area contributed by atoms with Crippen molar-refractivity contribution in [2.75, 3.05) is 24.2 Å². The Balaban J connectivity index is 1.43. The number of carbonyl (C=O) groups is 3. The van der Waals surface area contributed by atoms with E-state index in [0.717, 1.165) is 23.4 Å². The first-order valence-corrected chi connectivity index (χ1v) is 9.15. The zero-order chi connectivity index (χ0) is 19.0. The molecule has 0 aromatic heterocycles. The van der Waals surface area contributed by atoms with Crippen LogP contribution in [0.2, 0.25) is 0 Å². The van der Waals surface area contributed by atoms with E-state index in [9.17, 15) is 14.4 Å². The SMILES string of the molecule is CN1C(=O)c2ccc(NC(=O)CNc3cccc4c3CCCC4)cc2C1=O. The number of nitrogens with one attached hydrogen (secondary N) is 2. The van der Waals surface area contributed by atoms with Crippen LogP contribution < -0.4 is 10.6 Å². The lowest BCUT2D eigenvalue weighted by molar-refractivity contribution is -0.114. The number of amides is 3. The van der Waals surface area contributed by atoms with Crippen molar-refractivity contribution in [1.29, 1.82) is 0 Å². The highest BCUT2D eigenvalue weighted by atomic mass is 16.2. The van der Waals surface area contributed by atoms with Crippen LogP contribution in [-0.4, -0.2) is 36.2 Å². The first-order valence-electron chi connectivity index (χ1n) is 9.15. The summed E-state index contributed by atoms with van der Waals surface area (Å²) in [6, 6.07) is 11.0.